The van der Waals surface area contributed by atoms with Gasteiger partial charge in [-0.1, -0.05) is 140 Å². The predicted octanol–water partition coefficient (Wildman–Crippen LogP) is 13.3. The Balaban J connectivity index is 1.05. The number of imidazole rings is 1. The van der Waals surface area contributed by atoms with E-state index < -0.39 is 0 Å². The Kier molecular flexibility index (Phi) is 7.40. The zero-order valence-corrected chi connectivity index (χ0v) is 31.5. The number of nitrogens with zero attached hydrogens (tertiary/aromatic N) is 5. The van der Waals surface area contributed by atoms with E-state index in [9.17, 15) is 0 Å². The topological polar surface area (TPSA) is 82.8 Å². The molecule has 0 saturated heterocycles. The number of hydrogen-bond donors (Lipinski definition) is 0. The van der Waals surface area contributed by atoms with E-state index in [4.69, 9.17) is 28.8 Å². The molecule has 0 atom stereocenters. The third-order valence-electron chi connectivity index (χ3n) is 11.1. The van der Waals surface area contributed by atoms with E-state index >= 15 is 0 Å². The zero-order valence-electron chi connectivity index (χ0n) is 31.5. The highest BCUT2D eigenvalue weighted by molar-refractivity contribution is 6.15. The van der Waals surface area contributed by atoms with Gasteiger partial charge in [-0.15, -0.1) is 0 Å². The third-order valence-corrected chi connectivity index (χ3v) is 11.1. The molecular formula is C52H31N5O2. The number of para-hydroxylation sites is 6. The van der Waals surface area contributed by atoms with Crippen LogP contribution in [0.15, 0.2) is 197 Å². The summed E-state index contributed by atoms with van der Waals surface area (Å²) in [6, 6.07) is 63.7. The van der Waals surface area contributed by atoms with E-state index in [1.54, 1.807) is 0 Å². The van der Waals surface area contributed by atoms with E-state index in [2.05, 4.69) is 89.5 Å². The van der Waals surface area contributed by atoms with Gasteiger partial charge in [0.2, 0.25) is 0 Å². The molecule has 7 nitrogen and oxygen atoms in total. The highest BCUT2D eigenvalue weighted by atomic mass is 16.3. The average Bonchev–Trinajstić information content (AvgIpc) is 4.01. The molecule has 0 bridgehead atoms. The van der Waals surface area contributed by atoms with Crippen molar-refractivity contribution in [2.24, 2.45) is 0 Å². The number of rotatable bonds is 6. The molecule has 7 heteroatoms. The molecule has 12 rings (SSSR count). The van der Waals surface area contributed by atoms with E-state index in [-0.39, 0.29) is 0 Å². The Hall–Kier alpha value is -8.16. The fraction of sp³-hybridized carbons (Fsp3) is 0. The van der Waals surface area contributed by atoms with Crippen LogP contribution in [0.5, 0.6) is 0 Å². The van der Waals surface area contributed by atoms with Crippen LogP contribution in [0.3, 0.4) is 0 Å². The molecule has 0 saturated carbocycles. The van der Waals surface area contributed by atoms with Crippen molar-refractivity contribution in [3.05, 3.63) is 188 Å². The molecule has 0 unspecified atom stereocenters. The van der Waals surface area contributed by atoms with Gasteiger partial charge in [-0.3, -0.25) is 4.57 Å². The molecule has 59 heavy (non-hydrogen) atoms. The lowest BCUT2D eigenvalue weighted by Crippen LogP contribution is -2.00. The first kappa shape index (κ1) is 33.0. The molecule has 0 aliphatic heterocycles. The molecule has 0 N–H and O–H groups in total. The summed E-state index contributed by atoms with van der Waals surface area (Å²) in [5.74, 6) is 2.50. The molecule has 12 aromatic rings. The van der Waals surface area contributed by atoms with Crippen LogP contribution >= 0.6 is 0 Å². The maximum Gasteiger partial charge on any atom is 0.164 e. The summed E-state index contributed by atoms with van der Waals surface area (Å²) >= 11 is 0. The van der Waals surface area contributed by atoms with E-state index in [1.165, 1.54) is 0 Å². The van der Waals surface area contributed by atoms with Crippen molar-refractivity contribution in [3.8, 4) is 62.4 Å². The Morgan fingerprint density at radius 3 is 1.83 bits per heavy atom. The molecule has 0 amide bonds. The molecule has 0 spiro atoms. The smallest absolute Gasteiger partial charge is 0.164 e. The summed E-state index contributed by atoms with van der Waals surface area (Å²) in [5, 5.41) is 4.05. The van der Waals surface area contributed by atoms with Gasteiger partial charge in [0.1, 0.15) is 28.2 Å². The fourth-order valence-electron chi connectivity index (χ4n) is 8.40. The number of benzene rings is 8. The van der Waals surface area contributed by atoms with Crippen LogP contribution in [-0.2, 0) is 0 Å². The van der Waals surface area contributed by atoms with Crippen LogP contribution in [0.1, 0.15) is 0 Å². The van der Waals surface area contributed by atoms with Crippen molar-refractivity contribution >= 4 is 54.9 Å². The van der Waals surface area contributed by atoms with Gasteiger partial charge in [0.05, 0.1) is 16.6 Å². The second-order valence-electron chi connectivity index (χ2n) is 14.6. The van der Waals surface area contributed by atoms with E-state index in [0.717, 1.165) is 99.8 Å². The van der Waals surface area contributed by atoms with Crippen LogP contribution in [0.4, 0.5) is 0 Å². The lowest BCUT2D eigenvalue weighted by atomic mass is 10.00. The van der Waals surface area contributed by atoms with Crippen molar-refractivity contribution in [1.29, 1.82) is 0 Å². The van der Waals surface area contributed by atoms with Crippen LogP contribution in [-0.4, -0.2) is 24.5 Å². The van der Waals surface area contributed by atoms with Gasteiger partial charge in [-0.05, 0) is 54.1 Å². The molecule has 8 aromatic carbocycles. The van der Waals surface area contributed by atoms with Crippen molar-refractivity contribution < 1.29 is 8.83 Å². The van der Waals surface area contributed by atoms with Gasteiger partial charge < -0.3 is 8.83 Å². The summed E-state index contributed by atoms with van der Waals surface area (Å²) in [6.07, 6.45) is 0. The zero-order chi connectivity index (χ0) is 38.9. The first-order valence-corrected chi connectivity index (χ1v) is 19.6. The number of aromatic nitrogens is 5. The Bertz CT molecular complexity index is 3570. The van der Waals surface area contributed by atoms with E-state index in [1.807, 2.05) is 103 Å². The van der Waals surface area contributed by atoms with Gasteiger partial charge in [-0.2, -0.15) is 0 Å². The molecular weight excluding hydrogens is 727 g/mol. The first-order chi connectivity index (χ1) is 29.2. The molecule has 276 valence electrons. The van der Waals surface area contributed by atoms with Crippen molar-refractivity contribution in [2.75, 3.05) is 0 Å². The molecule has 0 aliphatic carbocycles. The number of furan rings is 2. The third kappa shape index (κ3) is 5.36. The standard InChI is InChI=1S/C52H31N5O2/c1-3-15-32(16-4-1)49-54-50(34-18-11-17-33(31-34)36-22-12-23-38-37-21-7-10-29-44(37)58-47(36)38)56-51(55-49)40-25-14-30-45-46(40)39-24-13-26-41(48(39)59-45)52-53-42-27-8-9-28-43(42)57(52)35-19-5-2-6-20-35/h1-31H. The summed E-state index contributed by atoms with van der Waals surface area (Å²) in [5.41, 5.74) is 11.6. The van der Waals surface area contributed by atoms with Gasteiger partial charge in [-0.25, -0.2) is 19.9 Å². The maximum absolute atomic E-state index is 6.81. The minimum absolute atomic E-state index is 0.550. The van der Waals surface area contributed by atoms with Crippen molar-refractivity contribution in [1.82, 2.24) is 24.5 Å². The minimum Gasteiger partial charge on any atom is -0.455 e. The highest BCUT2D eigenvalue weighted by Crippen LogP contribution is 2.42. The highest BCUT2D eigenvalue weighted by Gasteiger charge is 2.23. The number of hydrogen-bond acceptors (Lipinski definition) is 6. The van der Waals surface area contributed by atoms with Crippen LogP contribution in [0, 0.1) is 0 Å². The largest absolute Gasteiger partial charge is 0.455 e. The van der Waals surface area contributed by atoms with E-state index in [0.29, 0.717) is 17.5 Å². The average molecular weight is 758 g/mol. The first-order valence-electron chi connectivity index (χ1n) is 19.6. The van der Waals surface area contributed by atoms with Crippen molar-refractivity contribution in [3.63, 3.8) is 0 Å². The van der Waals surface area contributed by atoms with Crippen LogP contribution in [0.25, 0.3) is 117 Å². The Labute approximate surface area is 337 Å². The summed E-state index contributed by atoms with van der Waals surface area (Å²) in [6.45, 7) is 0. The Morgan fingerprint density at radius 1 is 0.373 bits per heavy atom. The van der Waals surface area contributed by atoms with Gasteiger partial charge in [0, 0.05) is 49.5 Å². The maximum atomic E-state index is 6.81. The SMILES string of the molecule is c1ccc(-c2nc(-c3cccc(-c4cccc5c4oc4ccccc45)c3)nc(-c3cccc4oc5c(-c6nc7ccccc7n6-c6ccccc6)cccc5c34)n2)cc1. The predicted molar refractivity (Wildman–Crippen MR) is 236 cm³/mol. The van der Waals surface area contributed by atoms with Crippen LogP contribution < -0.4 is 0 Å². The number of fused-ring (bicyclic) bond motifs is 7. The minimum atomic E-state index is 0.550. The molecule has 0 aliphatic rings. The second-order valence-corrected chi connectivity index (χ2v) is 14.6. The molecule has 4 aromatic heterocycles. The monoisotopic (exact) mass is 757 g/mol. The van der Waals surface area contributed by atoms with Gasteiger partial charge >= 0.3 is 0 Å². The summed E-state index contributed by atoms with van der Waals surface area (Å²) < 4.78 is 15.4. The molecule has 4 heterocycles. The summed E-state index contributed by atoms with van der Waals surface area (Å²) in [4.78, 5) is 20.6. The van der Waals surface area contributed by atoms with Crippen LogP contribution in [0.2, 0.25) is 0 Å². The Morgan fingerprint density at radius 2 is 0.949 bits per heavy atom. The lowest BCUT2D eigenvalue weighted by molar-refractivity contribution is 0.669. The second kappa shape index (κ2) is 13.2. The van der Waals surface area contributed by atoms with Gasteiger partial charge in [0.25, 0.3) is 0 Å². The molecule has 0 fully saturated rings. The molecule has 0 radical (unpaired) electrons. The lowest BCUT2D eigenvalue weighted by Gasteiger charge is -2.11. The normalized spacial score (nSPS) is 11.7. The quantitative estimate of drug-likeness (QED) is 0.168. The van der Waals surface area contributed by atoms with Gasteiger partial charge in [0.15, 0.2) is 17.5 Å². The fourth-order valence-corrected chi connectivity index (χ4v) is 8.40. The van der Waals surface area contributed by atoms with Crippen molar-refractivity contribution in [2.45, 2.75) is 0 Å². The summed E-state index contributed by atoms with van der Waals surface area (Å²) in [7, 11) is 0.